The van der Waals surface area contributed by atoms with Crippen molar-refractivity contribution in [2.75, 3.05) is 16.8 Å². The summed E-state index contributed by atoms with van der Waals surface area (Å²) >= 11 is 0. The van der Waals surface area contributed by atoms with Crippen molar-refractivity contribution in [3.63, 3.8) is 0 Å². The third-order valence-corrected chi connectivity index (χ3v) is 4.49. The van der Waals surface area contributed by atoms with Crippen molar-refractivity contribution in [1.29, 1.82) is 0 Å². The molecule has 1 rings (SSSR count). The molecule has 0 spiro atoms. The van der Waals surface area contributed by atoms with Gasteiger partial charge in [0, 0.05) is 17.9 Å². The van der Waals surface area contributed by atoms with Crippen molar-refractivity contribution < 1.29 is 13.3 Å². The Hall–Kier alpha value is -1.70. The van der Waals surface area contributed by atoms with Crippen LogP contribution in [0.3, 0.4) is 0 Å². The van der Waals surface area contributed by atoms with Crippen molar-refractivity contribution in [3.8, 4) is 0 Å². The summed E-state index contributed by atoms with van der Waals surface area (Å²) in [5.74, 6) is 0.553. The molecule has 1 N–H and O–H groups in total. The number of nitrogens with one attached hydrogen (secondary N) is 1. The molecule has 0 bridgehead atoms. The number of aryl methyl sites for hydroxylation is 1. The zero-order valence-corrected chi connectivity index (χ0v) is 11.9. The highest BCUT2D eigenvalue weighted by molar-refractivity contribution is 7.91. The first-order valence-electron chi connectivity index (χ1n) is 5.83. The molecular weight excluding hydrogens is 270 g/mol. The quantitative estimate of drug-likeness (QED) is 0.629. The molecule has 0 radical (unpaired) electrons. The molecule has 1 unspecified atom stereocenters. The van der Waals surface area contributed by atoms with Crippen LogP contribution in [-0.2, 0) is 9.84 Å². The third-order valence-electron chi connectivity index (χ3n) is 2.60. The van der Waals surface area contributed by atoms with E-state index in [1.165, 1.54) is 6.07 Å². The molecule has 0 saturated carbocycles. The second kappa shape index (κ2) is 5.96. The van der Waals surface area contributed by atoms with Gasteiger partial charge in [0.2, 0.25) is 0 Å². The lowest BCUT2D eigenvalue weighted by molar-refractivity contribution is -0.385. The number of hydrogen-bond acceptors (Lipinski definition) is 6. The summed E-state index contributed by atoms with van der Waals surface area (Å²) in [4.78, 5) is 14.0. The fraction of sp³-hybridized carbons (Fsp3) is 0.545. The van der Waals surface area contributed by atoms with E-state index in [-0.39, 0.29) is 23.2 Å². The van der Waals surface area contributed by atoms with E-state index in [0.29, 0.717) is 11.4 Å². The Bertz CT molecular complexity index is 571. The van der Waals surface area contributed by atoms with E-state index in [1.807, 2.05) is 0 Å². The van der Waals surface area contributed by atoms with Crippen LogP contribution in [0.5, 0.6) is 0 Å². The molecule has 1 heterocycles. The number of pyridine rings is 1. The maximum Gasteiger partial charge on any atom is 0.287 e. The Morgan fingerprint density at radius 3 is 2.63 bits per heavy atom. The summed E-state index contributed by atoms with van der Waals surface area (Å²) in [6.45, 7) is 5.01. The number of anilines is 1. The van der Waals surface area contributed by atoms with E-state index in [4.69, 9.17) is 0 Å². The summed E-state index contributed by atoms with van der Waals surface area (Å²) in [5.41, 5.74) is 0.520. The molecule has 0 aliphatic heterocycles. The summed E-state index contributed by atoms with van der Waals surface area (Å²) < 4.78 is 23.0. The Labute approximate surface area is 112 Å². The maximum atomic E-state index is 11.5. The monoisotopic (exact) mass is 287 g/mol. The van der Waals surface area contributed by atoms with E-state index in [9.17, 15) is 18.5 Å². The lowest BCUT2D eigenvalue weighted by Crippen LogP contribution is -2.27. The van der Waals surface area contributed by atoms with Crippen LogP contribution in [0.15, 0.2) is 12.3 Å². The summed E-state index contributed by atoms with van der Waals surface area (Å²) in [5, 5.41) is 13.5. The number of aromatic nitrogens is 1. The Morgan fingerprint density at radius 1 is 1.53 bits per heavy atom. The van der Waals surface area contributed by atoms with E-state index in [1.54, 1.807) is 20.8 Å². The lowest BCUT2D eigenvalue weighted by atomic mass is 10.2. The Balaban J connectivity index is 2.80. The van der Waals surface area contributed by atoms with Gasteiger partial charge in [0.15, 0.2) is 9.84 Å². The summed E-state index contributed by atoms with van der Waals surface area (Å²) in [6.07, 6.45) is 1.15. The average molecular weight is 287 g/mol. The standard InChI is InChI=1S/C11H17N3O4S/c1-4-19(17,18)7-9(3)13-11-8(2)5-10(6-12-11)14(15)16/h5-6,9H,4,7H2,1-3H3,(H,12,13). The zero-order chi connectivity index (χ0) is 14.6. The van der Waals surface area contributed by atoms with Gasteiger partial charge in [-0.2, -0.15) is 0 Å². The number of nitrogens with zero attached hydrogens (tertiary/aromatic N) is 2. The minimum Gasteiger partial charge on any atom is -0.366 e. The van der Waals surface area contributed by atoms with Gasteiger partial charge >= 0.3 is 0 Å². The zero-order valence-electron chi connectivity index (χ0n) is 11.1. The highest BCUT2D eigenvalue weighted by atomic mass is 32.2. The molecule has 0 aromatic carbocycles. The van der Waals surface area contributed by atoms with Crippen LogP contribution in [0.25, 0.3) is 0 Å². The van der Waals surface area contributed by atoms with Gasteiger partial charge in [0.25, 0.3) is 5.69 Å². The lowest BCUT2D eigenvalue weighted by Gasteiger charge is -2.15. The smallest absolute Gasteiger partial charge is 0.287 e. The van der Waals surface area contributed by atoms with Gasteiger partial charge in [-0.15, -0.1) is 0 Å². The Morgan fingerprint density at radius 2 is 2.16 bits per heavy atom. The van der Waals surface area contributed by atoms with Gasteiger partial charge in [-0.3, -0.25) is 10.1 Å². The van der Waals surface area contributed by atoms with Crippen LogP contribution in [0, 0.1) is 17.0 Å². The molecule has 0 aliphatic carbocycles. The van der Waals surface area contributed by atoms with Gasteiger partial charge < -0.3 is 5.32 Å². The molecule has 1 atom stereocenters. The Kier molecular flexibility index (Phi) is 4.82. The van der Waals surface area contributed by atoms with Crippen LogP contribution >= 0.6 is 0 Å². The molecule has 1 aromatic heterocycles. The van der Waals surface area contributed by atoms with Gasteiger partial charge in [-0.05, 0) is 19.4 Å². The highest BCUT2D eigenvalue weighted by Gasteiger charge is 2.16. The first-order chi connectivity index (χ1) is 8.75. The second-order valence-corrected chi connectivity index (χ2v) is 6.76. The summed E-state index contributed by atoms with van der Waals surface area (Å²) in [6, 6.07) is 1.09. The first kappa shape index (κ1) is 15.4. The SMILES string of the molecule is CCS(=O)(=O)CC(C)Nc1ncc([N+](=O)[O-])cc1C. The van der Waals surface area contributed by atoms with E-state index < -0.39 is 14.8 Å². The number of rotatable bonds is 6. The molecule has 1 aromatic rings. The van der Waals surface area contributed by atoms with E-state index >= 15 is 0 Å². The first-order valence-corrected chi connectivity index (χ1v) is 7.65. The molecule has 0 fully saturated rings. The van der Waals surface area contributed by atoms with Gasteiger partial charge in [-0.25, -0.2) is 13.4 Å². The predicted molar refractivity (Wildman–Crippen MR) is 73.0 cm³/mol. The van der Waals surface area contributed by atoms with Crippen molar-refractivity contribution >= 4 is 21.3 Å². The van der Waals surface area contributed by atoms with E-state index in [0.717, 1.165) is 6.20 Å². The number of nitro groups is 1. The molecule has 106 valence electrons. The topological polar surface area (TPSA) is 102 Å². The second-order valence-electron chi connectivity index (χ2n) is 4.36. The normalized spacial score (nSPS) is 13.0. The molecule has 8 heteroatoms. The minimum absolute atomic E-state index is 0.00159. The van der Waals surface area contributed by atoms with Gasteiger partial charge in [-0.1, -0.05) is 6.92 Å². The maximum absolute atomic E-state index is 11.5. The van der Waals surface area contributed by atoms with Gasteiger partial charge in [0.05, 0.1) is 10.7 Å². The van der Waals surface area contributed by atoms with E-state index in [2.05, 4.69) is 10.3 Å². The summed E-state index contributed by atoms with van der Waals surface area (Å²) in [7, 11) is -3.07. The van der Waals surface area contributed by atoms with Crippen LogP contribution < -0.4 is 5.32 Å². The molecule has 0 saturated heterocycles. The van der Waals surface area contributed by atoms with Crippen LogP contribution in [0.1, 0.15) is 19.4 Å². The minimum atomic E-state index is -3.07. The van der Waals surface area contributed by atoms with Crippen LogP contribution in [-0.4, -0.2) is 35.9 Å². The highest BCUT2D eigenvalue weighted by Crippen LogP contribution is 2.18. The van der Waals surface area contributed by atoms with Crippen LogP contribution in [0.2, 0.25) is 0 Å². The predicted octanol–water partition coefficient (Wildman–Crippen LogP) is 1.53. The third kappa shape index (κ3) is 4.47. The molecule has 0 aliphatic rings. The molecule has 19 heavy (non-hydrogen) atoms. The average Bonchev–Trinajstić information content (AvgIpc) is 2.30. The fourth-order valence-electron chi connectivity index (χ4n) is 1.58. The molecule has 7 nitrogen and oxygen atoms in total. The van der Waals surface area contributed by atoms with Crippen LogP contribution in [0.4, 0.5) is 11.5 Å². The van der Waals surface area contributed by atoms with Crippen molar-refractivity contribution in [3.05, 3.63) is 27.9 Å². The van der Waals surface area contributed by atoms with Crippen molar-refractivity contribution in [2.24, 2.45) is 0 Å². The molecule has 0 amide bonds. The number of hydrogen-bond donors (Lipinski definition) is 1. The van der Waals surface area contributed by atoms with Crippen molar-refractivity contribution in [2.45, 2.75) is 26.8 Å². The van der Waals surface area contributed by atoms with Crippen molar-refractivity contribution in [1.82, 2.24) is 4.98 Å². The fourth-order valence-corrected chi connectivity index (χ4v) is 2.67. The molecular formula is C11H17N3O4S. The van der Waals surface area contributed by atoms with Gasteiger partial charge in [0.1, 0.15) is 12.0 Å². The largest absolute Gasteiger partial charge is 0.366 e. The number of sulfone groups is 1.